The number of nitrogens with one attached hydrogen (secondary N) is 1. The first kappa shape index (κ1) is 15.9. The molecule has 18 heavy (non-hydrogen) atoms. The number of hydrogen-bond acceptors (Lipinski definition) is 2. The van der Waals surface area contributed by atoms with E-state index in [0.717, 1.165) is 29.7 Å². The van der Waals surface area contributed by atoms with Crippen LogP contribution in [0, 0.1) is 5.92 Å². The van der Waals surface area contributed by atoms with Crippen LogP contribution >= 0.6 is 23.4 Å². The zero-order chi connectivity index (χ0) is 13.4. The molecule has 1 nitrogen and oxygen atoms in total. The molecule has 1 unspecified atom stereocenters. The number of thioether (sulfide) groups is 1. The molecule has 1 rings (SSSR count). The molecular weight excluding hydrogens is 262 g/mol. The molecule has 0 fully saturated rings. The van der Waals surface area contributed by atoms with Crippen molar-refractivity contribution in [1.29, 1.82) is 0 Å². The third-order valence-corrected chi connectivity index (χ3v) is 4.60. The standard InChI is InChI=1S/C15H24ClNS/c1-4-17-14(11-18-10-12(2)3)9-13-7-5-6-8-15(13)16/h5-8,12,14,17H,4,9-11H2,1-3H3. The van der Waals surface area contributed by atoms with E-state index in [1.165, 1.54) is 11.3 Å². The molecule has 0 radical (unpaired) electrons. The molecule has 1 N–H and O–H groups in total. The molecule has 0 aliphatic carbocycles. The highest BCUT2D eigenvalue weighted by molar-refractivity contribution is 7.99. The minimum atomic E-state index is 0.513. The molecule has 1 aromatic rings. The Balaban J connectivity index is 2.49. The first-order valence-electron chi connectivity index (χ1n) is 6.68. The Kier molecular flexibility index (Phi) is 7.80. The Morgan fingerprint density at radius 3 is 2.56 bits per heavy atom. The van der Waals surface area contributed by atoms with Gasteiger partial charge in [-0.2, -0.15) is 11.8 Å². The summed E-state index contributed by atoms with van der Waals surface area (Å²) < 4.78 is 0. The number of rotatable bonds is 8. The molecule has 1 atom stereocenters. The monoisotopic (exact) mass is 285 g/mol. The van der Waals surface area contributed by atoms with Crippen molar-refractivity contribution in [3.63, 3.8) is 0 Å². The van der Waals surface area contributed by atoms with Crippen molar-refractivity contribution in [1.82, 2.24) is 5.32 Å². The molecule has 0 saturated carbocycles. The van der Waals surface area contributed by atoms with Crippen LogP contribution in [0.15, 0.2) is 24.3 Å². The van der Waals surface area contributed by atoms with Crippen molar-refractivity contribution in [2.75, 3.05) is 18.1 Å². The molecule has 0 aliphatic heterocycles. The highest BCUT2D eigenvalue weighted by atomic mass is 35.5. The lowest BCUT2D eigenvalue weighted by atomic mass is 10.1. The molecule has 0 heterocycles. The summed E-state index contributed by atoms with van der Waals surface area (Å²) >= 11 is 8.25. The Hall–Kier alpha value is -0.180. The quantitative estimate of drug-likeness (QED) is 0.766. The van der Waals surface area contributed by atoms with Crippen molar-refractivity contribution in [3.8, 4) is 0 Å². The van der Waals surface area contributed by atoms with Gasteiger partial charge in [0.05, 0.1) is 0 Å². The number of halogens is 1. The van der Waals surface area contributed by atoms with E-state index >= 15 is 0 Å². The van der Waals surface area contributed by atoms with Gasteiger partial charge in [-0.3, -0.25) is 0 Å². The molecule has 1 aromatic carbocycles. The van der Waals surface area contributed by atoms with Crippen LogP contribution in [0.1, 0.15) is 26.3 Å². The first-order chi connectivity index (χ1) is 8.63. The summed E-state index contributed by atoms with van der Waals surface area (Å²) in [5.41, 5.74) is 1.25. The van der Waals surface area contributed by atoms with Gasteiger partial charge >= 0.3 is 0 Å². The van der Waals surface area contributed by atoms with E-state index in [4.69, 9.17) is 11.6 Å². The number of likely N-dealkylation sites (N-methyl/N-ethyl adjacent to an activating group) is 1. The van der Waals surface area contributed by atoms with Crippen LogP contribution in [-0.2, 0) is 6.42 Å². The largest absolute Gasteiger partial charge is 0.313 e. The Bertz CT molecular complexity index is 341. The minimum absolute atomic E-state index is 0.513. The van der Waals surface area contributed by atoms with Crippen LogP contribution in [0.2, 0.25) is 5.02 Å². The lowest BCUT2D eigenvalue weighted by Crippen LogP contribution is -2.33. The van der Waals surface area contributed by atoms with E-state index in [0.29, 0.717) is 6.04 Å². The Morgan fingerprint density at radius 1 is 1.22 bits per heavy atom. The maximum atomic E-state index is 6.22. The van der Waals surface area contributed by atoms with E-state index in [1.54, 1.807) is 0 Å². The fraction of sp³-hybridized carbons (Fsp3) is 0.600. The summed E-state index contributed by atoms with van der Waals surface area (Å²) in [6.07, 6.45) is 1.01. The van der Waals surface area contributed by atoms with Gasteiger partial charge < -0.3 is 5.32 Å². The van der Waals surface area contributed by atoms with Gasteiger partial charge in [0, 0.05) is 16.8 Å². The van der Waals surface area contributed by atoms with Crippen LogP contribution in [0.4, 0.5) is 0 Å². The topological polar surface area (TPSA) is 12.0 Å². The second-order valence-electron chi connectivity index (χ2n) is 4.98. The van der Waals surface area contributed by atoms with Crippen LogP contribution < -0.4 is 5.32 Å². The molecule has 0 amide bonds. The smallest absolute Gasteiger partial charge is 0.0438 e. The third-order valence-electron chi connectivity index (χ3n) is 2.69. The second kappa shape index (κ2) is 8.84. The molecule has 0 aromatic heterocycles. The van der Waals surface area contributed by atoms with E-state index < -0.39 is 0 Å². The Labute approximate surface area is 121 Å². The van der Waals surface area contributed by atoms with Crippen molar-refractivity contribution in [2.24, 2.45) is 5.92 Å². The van der Waals surface area contributed by atoms with Crippen molar-refractivity contribution >= 4 is 23.4 Å². The lowest BCUT2D eigenvalue weighted by Gasteiger charge is -2.18. The fourth-order valence-corrected chi connectivity index (χ4v) is 3.19. The molecule has 0 saturated heterocycles. The predicted molar refractivity (Wildman–Crippen MR) is 84.8 cm³/mol. The summed E-state index contributed by atoms with van der Waals surface area (Å²) in [7, 11) is 0. The SMILES string of the molecule is CCNC(CSCC(C)C)Cc1ccccc1Cl. The maximum Gasteiger partial charge on any atom is 0.0438 e. The zero-order valence-corrected chi connectivity index (χ0v) is 13.2. The molecular formula is C15H24ClNS. The van der Waals surface area contributed by atoms with Gasteiger partial charge in [0.25, 0.3) is 0 Å². The van der Waals surface area contributed by atoms with Crippen LogP contribution in [0.25, 0.3) is 0 Å². The van der Waals surface area contributed by atoms with Crippen LogP contribution in [0.5, 0.6) is 0 Å². The van der Waals surface area contributed by atoms with Crippen molar-refractivity contribution < 1.29 is 0 Å². The molecule has 0 spiro atoms. The van der Waals surface area contributed by atoms with Gasteiger partial charge in [-0.1, -0.05) is 50.6 Å². The van der Waals surface area contributed by atoms with Crippen LogP contribution in [-0.4, -0.2) is 24.1 Å². The lowest BCUT2D eigenvalue weighted by molar-refractivity contribution is 0.572. The van der Waals surface area contributed by atoms with Crippen LogP contribution in [0.3, 0.4) is 0 Å². The summed E-state index contributed by atoms with van der Waals surface area (Å²) in [4.78, 5) is 0. The van der Waals surface area contributed by atoms with E-state index in [-0.39, 0.29) is 0 Å². The first-order valence-corrected chi connectivity index (χ1v) is 8.21. The summed E-state index contributed by atoms with van der Waals surface area (Å²) in [5, 5.41) is 4.44. The number of benzene rings is 1. The average molecular weight is 286 g/mol. The second-order valence-corrected chi connectivity index (χ2v) is 6.46. The normalized spacial score (nSPS) is 12.9. The summed E-state index contributed by atoms with van der Waals surface area (Å²) in [5.74, 6) is 3.14. The highest BCUT2D eigenvalue weighted by Crippen LogP contribution is 2.18. The van der Waals surface area contributed by atoms with E-state index in [9.17, 15) is 0 Å². The Morgan fingerprint density at radius 2 is 1.94 bits per heavy atom. The summed E-state index contributed by atoms with van der Waals surface area (Å²) in [6, 6.07) is 8.66. The molecule has 0 aliphatic rings. The highest BCUT2D eigenvalue weighted by Gasteiger charge is 2.10. The summed E-state index contributed by atoms with van der Waals surface area (Å²) in [6.45, 7) is 7.71. The zero-order valence-electron chi connectivity index (χ0n) is 11.6. The van der Waals surface area contributed by atoms with Gasteiger partial charge in [0.1, 0.15) is 0 Å². The van der Waals surface area contributed by atoms with Crippen molar-refractivity contribution in [3.05, 3.63) is 34.9 Å². The molecule has 0 bridgehead atoms. The number of hydrogen-bond donors (Lipinski definition) is 1. The van der Waals surface area contributed by atoms with Gasteiger partial charge in [-0.05, 0) is 36.3 Å². The minimum Gasteiger partial charge on any atom is -0.313 e. The average Bonchev–Trinajstić information content (AvgIpc) is 2.32. The van der Waals surface area contributed by atoms with Crippen molar-refractivity contribution in [2.45, 2.75) is 33.2 Å². The maximum absolute atomic E-state index is 6.22. The van der Waals surface area contributed by atoms with E-state index in [1.807, 2.05) is 23.9 Å². The van der Waals surface area contributed by atoms with Gasteiger partial charge in [0.15, 0.2) is 0 Å². The van der Waals surface area contributed by atoms with Gasteiger partial charge in [0.2, 0.25) is 0 Å². The fourth-order valence-electron chi connectivity index (χ4n) is 1.85. The van der Waals surface area contributed by atoms with Gasteiger partial charge in [-0.15, -0.1) is 0 Å². The van der Waals surface area contributed by atoms with Gasteiger partial charge in [-0.25, -0.2) is 0 Å². The molecule has 102 valence electrons. The predicted octanol–water partition coefficient (Wildman–Crippen LogP) is 4.25. The molecule has 3 heteroatoms. The third kappa shape index (κ3) is 6.12. The van der Waals surface area contributed by atoms with E-state index in [2.05, 4.69) is 38.2 Å².